The second-order valence-corrected chi connectivity index (χ2v) is 13.9. The summed E-state index contributed by atoms with van der Waals surface area (Å²) in [5.74, 6) is -4.70. The van der Waals surface area contributed by atoms with Gasteiger partial charge in [0.15, 0.2) is 17.0 Å². The number of aromatic nitrogens is 1. The normalized spacial score (nSPS) is 21.0. The van der Waals surface area contributed by atoms with Crippen LogP contribution in [0.2, 0.25) is 15.1 Å². The number of carbonyl (C=O) groups excluding carboxylic acids is 4. The average Bonchev–Trinajstić information content (AvgIpc) is 3.76. The molecule has 11 nitrogen and oxygen atoms in total. The summed E-state index contributed by atoms with van der Waals surface area (Å²) in [6, 6.07) is 7.40. The number of hydrogen-bond acceptors (Lipinski definition) is 8. The lowest BCUT2D eigenvalue weighted by Crippen LogP contribution is -2.43. The molecular weight excluding hydrogens is 754 g/mol. The third-order valence-corrected chi connectivity index (χ3v) is 9.36. The number of carbonyl (C=O) groups is 4. The van der Waals surface area contributed by atoms with Gasteiger partial charge >= 0.3 is 0 Å². The Hall–Kier alpha value is -4.02. The molecule has 0 aliphatic carbocycles. The molecule has 2 unspecified atom stereocenters. The van der Waals surface area contributed by atoms with E-state index in [1.54, 1.807) is 13.1 Å². The van der Waals surface area contributed by atoms with Crippen molar-refractivity contribution in [3.8, 4) is 0 Å². The van der Waals surface area contributed by atoms with Gasteiger partial charge in [0.1, 0.15) is 29.0 Å². The number of anilines is 2. The van der Waals surface area contributed by atoms with Crippen LogP contribution in [0.5, 0.6) is 0 Å². The molecule has 3 aliphatic heterocycles. The highest BCUT2D eigenvalue weighted by Gasteiger charge is 2.52. The van der Waals surface area contributed by atoms with Gasteiger partial charge in [-0.1, -0.05) is 34.8 Å². The second-order valence-electron chi connectivity index (χ2n) is 12.6. The number of ketones is 2. The second kappa shape index (κ2) is 14.8. The highest BCUT2D eigenvalue weighted by atomic mass is 35.5. The first-order valence-electron chi connectivity index (χ1n) is 15.5. The van der Waals surface area contributed by atoms with E-state index in [0.29, 0.717) is 30.7 Å². The van der Waals surface area contributed by atoms with E-state index in [4.69, 9.17) is 44.3 Å². The van der Waals surface area contributed by atoms with E-state index in [-0.39, 0.29) is 49.9 Å². The fourth-order valence-electron chi connectivity index (χ4n) is 6.10. The van der Waals surface area contributed by atoms with E-state index in [0.717, 1.165) is 23.2 Å². The fourth-order valence-corrected chi connectivity index (χ4v) is 6.60. The Morgan fingerprint density at radius 3 is 1.77 bits per heavy atom. The number of fused-ring (bicyclic) bond motifs is 3. The summed E-state index contributed by atoms with van der Waals surface area (Å²) in [7, 11) is 0. The minimum absolute atomic E-state index is 0.0413. The number of Topliss-reactive ketones (excluding diaryl/α,β-unsaturated/α-hetero) is 2. The summed E-state index contributed by atoms with van der Waals surface area (Å²) in [4.78, 5) is 48.7. The predicted octanol–water partition coefficient (Wildman–Crippen LogP) is 6.46. The number of nitrogens with one attached hydrogen (secondary N) is 3. The van der Waals surface area contributed by atoms with E-state index in [9.17, 15) is 42.6 Å². The highest BCUT2D eigenvalue weighted by molar-refractivity contribution is 6.32. The van der Waals surface area contributed by atoms with Crippen molar-refractivity contribution in [1.82, 2.24) is 4.98 Å². The maximum absolute atomic E-state index is 13.6. The Bertz CT molecular complexity index is 2120. The molecule has 2 amide bonds. The van der Waals surface area contributed by atoms with Gasteiger partial charge in [0, 0.05) is 58.9 Å². The minimum atomic E-state index is -2.01. The first-order chi connectivity index (χ1) is 24.3. The van der Waals surface area contributed by atoms with Gasteiger partial charge in [-0.3, -0.25) is 19.2 Å². The van der Waals surface area contributed by atoms with Crippen molar-refractivity contribution in [3.05, 3.63) is 91.8 Å². The minimum Gasteiger partial charge on any atom is -0.375 e. The molecule has 4 aromatic rings. The van der Waals surface area contributed by atoms with Crippen LogP contribution in [0.15, 0.2) is 42.6 Å². The first-order valence-corrected chi connectivity index (χ1v) is 16.7. The van der Waals surface area contributed by atoms with Gasteiger partial charge in [-0.05, 0) is 62.7 Å². The van der Waals surface area contributed by atoms with Gasteiger partial charge in [-0.15, -0.1) is 0 Å². The Balaban J connectivity index is 0.000000153. The van der Waals surface area contributed by atoms with E-state index in [2.05, 4.69) is 15.6 Å². The van der Waals surface area contributed by atoms with Crippen LogP contribution in [0.4, 0.5) is 24.5 Å². The molecule has 0 spiro atoms. The van der Waals surface area contributed by atoms with Gasteiger partial charge in [-0.2, -0.15) is 0 Å². The van der Waals surface area contributed by atoms with Crippen LogP contribution in [0.3, 0.4) is 0 Å². The van der Waals surface area contributed by atoms with Gasteiger partial charge < -0.3 is 35.3 Å². The largest absolute Gasteiger partial charge is 0.375 e. The standard InChI is InChI=1S/C13H13ClFNO4.C11H9ClFNO3.C11H9ClFNO/c1-12(19-2-3-20-12)6-13(18)7-4-9(15)8(14)5-10(7)16-11(13)17;1-5(15)4-11(17)6-2-8(13)7(12)3-9(6)14-10(11)16;1-6(15)2-7-5-14-11-4-9(12)10(13)3-8(7)11/h4-5,18H,2-3,6H2,1H3,(H,16,17);2-3,17H,4H2,1H3,(H,14,16);3-5,14H,2H2,1H3. The number of H-pyrrole nitrogens is 1. The third kappa shape index (κ3) is 7.83. The van der Waals surface area contributed by atoms with Gasteiger partial charge in [0.05, 0.1) is 28.3 Å². The molecule has 3 aliphatic rings. The summed E-state index contributed by atoms with van der Waals surface area (Å²) in [6.07, 6.45) is 1.50. The molecule has 3 aromatic carbocycles. The third-order valence-electron chi connectivity index (χ3n) is 8.49. The Labute approximate surface area is 309 Å². The first kappa shape index (κ1) is 39.2. The van der Waals surface area contributed by atoms with Crippen molar-refractivity contribution in [1.29, 1.82) is 0 Å². The quantitative estimate of drug-likeness (QED) is 0.149. The van der Waals surface area contributed by atoms with Crippen LogP contribution in [-0.4, -0.2) is 57.6 Å². The topological polar surface area (TPSA) is 167 Å². The van der Waals surface area contributed by atoms with Crippen molar-refractivity contribution in [3.63, 3.8) is 0 Å². The van der Waals surface area contributed by atoms with Gasteiger partial charge in [0.25, 0.3) is 11.8 Å². The molecule has 0 radical (unpaired) electrons. The lowest BCUT2D eigenvalue weighted by molar-refractivity contribution is -0.186. The molecule has 4 heterocycles. The fraction of sp³-hybridized carbons (Fsp3) is 0.314. The summed E-state index contributed by atoms with van der Waals surface area (Å²) in [5, 5.41) is 26.2. The van der Waals surface area contributed by atoms with Crippen molar-refractivity contribution < 1.29 is 52.0 Å². The van der Waals surface area contributed by atoms with Gasteiger partial charge in [0.2, 0.25) is 0 Å². The molecule has 17 heteroatoms. The Kier molecular flexibility index (Phi) is 11.1. The van der Waals surface area contributed by atoms with Gasteiger partial charge in [-0.25, -0.2) is 13.2 Å². The zero-order valence-electron chi connectivity index (χ0n) is 27.7. The number of hydrogen-bond donors (Lipinski definition) is 5. The van der Waals surface area contributed by atoms with Crippen LogP contribution in [0.25, 0.3) is 10.9 Å². The summed E-state index contributed by atoms with van der Waals surface area (Å²) in [5.41, 5.74) is -1.66. The number of amides is 2. The molecule has 7 rings (SSSR count). The summed E-state index contributed by atoms with van der Waals surface area (Å²) < 4.78 is 50.9. The summed E-state index contributed by atoms with van der Waals surface area (Å²) in [6.45, 7) is 5.15. The van der Waals surface area contributed by atoms with Crippen LogP contribution in [0.1, 0.15) is 50.3 Å². The van der Waals surface area contributed by atoms with E-state index >= 15 is 0 Å². The van der Waals surface area contributed by atoms with Crippen molar-refractivity contribution in [2.75, 3.05) is 23.8 Å². The zero-order chi connectivity index (χ0) is 38.3. The van der Waals surface area contributed by atoms with Crippen LogP contribution in [0, 0.1) is 17.5 Å². The smallest absolute Gasteiger partial charge is 0.261 e. The molecule has 276 valence electrons. The van der Waals surface area contributed by atoms with Crippen molar-refractivity contribution in [2.45, 2.75) is 57.0 Å². The number of rotatable bonds is 6. The molecule has 0 bridgehead atoms. The maximum Gasteiger partial charge on any atom is 0.261 e. The average molecular weight is 785 g/mol. The lowest BCUT2D eigenvalue weighted by Gasteiger charge is -2.30. The van der Waals surface area contributed by atoms with Crippen LogP contribution >= 0.6 is 34.8 Å². The maximum atomic E-state index is 13.6. The Morgan fingerprint density at radius 1 is 0.769 bits per heavy atom. The highest BCUT2D eigenvalue weighted by Crippen LogP contribution is 2.45. The number of halogens is 6. The van der Waals surface area contributed by atoms with Crippen molar-refractivity contribution >= 4 is 80.5 Å². The Morgan fingerprint density at radius 2 is 1.25 bits per heavy atom. The van der Waals surface area contributed by atoms with E-state index < -0.39 is 52.7 Å². The number of aromatic amines is 1. The van der Waals surface area contributed by atoms with Crippen LogP contribution in [-0.2, 0) is 46.3 Å². The SMILES string of the molecule is CC(=O)CC1(O)C(=O)Nc2cc(Cl)c(F)cc21.CC(=O)Cc1c[nH]c2cc(Cl)c(F)cc12.CC1(CC2(O)C(=O)Nc3cc(Cl)c(F)cc32)OCCO1. The summed E-state index contributed by atoms with van der Waals surface area (Å²) >= 11 is 16.9. The van der Waals surface area contributed by atoms with E-state index in [1.165, 1.54) is 38.1 Å². The predicted molar refractivity (Wildman–Crippen MR) is 186 cm³/mol. The zero-order valence-corrected chi connectivity index (χ0v) is 30.0. The van der Waals surface area contributed by atoms with E-state index in [1.807, 2.05) is 0 Å². The molecule has 2 atom stereocenters. The molecule has 1 fully saturated rings. The molecule has 52 heavy (non-hydrogen) atoms. The molecule has 0 saturated carbocycles. The number of ether oxygens (including phenoxy) is 2. The number of aliphatic hydroxyl groups is 2. The monoisotopic (exact) mass is 783 g/mol. The molecule has 5 N–H and O–H groups in total. The lowest BCUT2D eigenvalue weighted by atomic mass is 9.88. The molecule has 1 aromatic heterocycles. The van der Waals surface area contributed by atoms with Crippen molar-refractivity contribution in [2.24, 2.45) is 0 Å². The molecule has 1 saturated heterocycles. The molecular formula is C35H31Cl3F3N3O8. The van der Waals surface area contributed by atoms with Crippen LogP contribution < -0.4 is 10.6 Å². The number of benzene rings is 3.